The van der Waals surface area contributed by atoms with Gasteiger partial charge in [-0.05, 0) is 29.8 Å². The van der Waals surface area contributed by atoms with Crippen LogP contribution in [0.25, 0.3) is 22.1 Å². The number of hydrogen-bond donors (Lipinski definition) is 1. The highest BCUT2D eigenvalue weighted by Crippen LogP contribution is 2.23. The second-order valence-corrected chi connectivity index (χ2v) is 4.69. The molecule has 0 aliphatic heterocycles. The smallest absolute Gasteiger partial charge is 0.344 e. The van der Waals surface area contributed by atoms with E-state index in [0.29, 0.717) is 22.5 Å². The van der Waals surface area contributed by atoms with Gasteiger partial charge >= 0.3 is 11.6 Å². The lowest BCUT2D eigenvalue weighted by Gasteiger charge is -2.05. The summed E-state index contributed by atoms with van der Waals surface area (Å²) in [6.45, 7) is -0.405. The SMILES string of the molecule is O=C(O)COc1ccc(-c2cc3ccccc3oc2=O)cc1. The van der Waals surface area contributed by atoms with Crippen LogP contribution in [0.15, 0.2) is 63.8 Å². The molecule has 0 atom stereocenters. The molecule has 22 heavy (non-hydrogen) atoms. The average Bonchev–Trinajstić information content (AvgIpc) is 2.53. The summed E-state index contributed by atoms with van der Waals surface area (Å²) in [5.41, 5.74) is 1.25. The van der Waals surface area contributed by atoms with Gasteiger partial charge in [0.05, 0.1) is 5.56 Å². The van der Waals surface area contributed by atoms with E-state index in [1.807, 2.05) is 12.1 Å². The number of fused-ring (bicyclic) bond motifs is 1. The first-order valence-corrected chi connectivity index (χ1v) is 6.61. The van der Waals surface area contributed by atoms with Gasteiger partial charge in [-0.1, -0.05) is 30.3 Å². The first-order chi connectivity index (χ1) is 10.6. The minimum absolute atomic E-state index is 0.405. The van der Waals surface area contributed by atoms with Crippen LogP contribution in [0.4, 0.5) is 0 Å². The van der Waals surface area contributed by atoms with Crippen LogP contribution < -0.4 is 10.4 Å². The first-order valence-electron chi connectivity index (χ1n) is 6.61. The molecule has 3 aromatic rings. The summed E-state index contributed by atoms with van der Waals surface area (Å²) < 4.78 is 10.3. The third kappa shape index (κ3) is 2.83. The topological polar surface area (TPSA) is 76.7 Å². The number of benzene rings is 2. The second kappa shape index (κ2) is 5.73. The van der Waals surface area contributed by atoms with E-state index in [1.165, 1.54) is 0 Å². The highest BCUT2D eigenvalue weighted by atomic mass is 16.5. The van der Waals surface area contributed by atoms with Crippen molar-refractivity contribution < 1.29 is 19.1 Å². The summed E-state index contributed by atoms with van der Waals surface area (Å²) in [5.74, 6) is -0.615. The predicted molar refractivity (Wildman–Crippen MR) is 81.1 cm³/mol. The Kier molecular flexibility index (Phi) is 3.62. The van der Waals surface area contributed by atoms with Gasteiger partial charge in [-0.15, -0.1) is 0 Å². The Morgan fingerprint density at radius 3 is 2.55 bits per heavy atom. The molecule has 0 aliphatic carbocycles. The lowest BCUT2D eigenvalue weighted by atomic mass is 10.1. The lowest BCUT2D eigenvalue weighted by molar-refractivity contribution is -0.139. The molecule has 0 saturated heterocycles. The van der Waals surface area contributed by atoms with Crippen molar-refractivity contribution in [1.29, 1.82) is 0 Å². The average molecular weight is 296 g/mol. The van der Waals surface area contributed by atoms with Gasteiger partial charge < -0.3 is 14.3 Å². The van der Waals surface area contributed by atoms with E-state index in [1.54, 1.807) is 42.5 Å². The summed E-state index contributed by atoms with van der Waals surface area (Å²) in [6.07, 6.45) is 0. The molecule has 1 heterocycles. The molecule has 2 aromatic carbocycles. The molecule has 1 N–H and O–H groups in total. The minimum Gasteiger partial charge on any atom is -0.482 e. The molecule has 0 unspecified atom stereocenters. The molecule has 0 fully saturated rings. The molecule has 0 radical (unpaired) electrons. The van der Waals surface area contributed by atoms with Crippen LogP contribution in [-0.4, -0.2) is 17.7 Å². The normalized spacial score (nSPS) is 10.5. The molecular formula is C17H12O5. The molecule has 0 spiro atoms. The van der Waals surface area contributed by atoms with Crippen LogP contribution in [0.5, 0.6) is 5.75 Å². The molecular weight excluding hydrogens is 284 g/mol. The summed E-state index contributed by atoms with van der Waals surface area (Å²) in [5, 5.41) is 9.40. The maximum atomic E-state index is 12.1. The molecule has 0 bridgehead atoms. The van der Waals surface area contributed by atoms with E-state index in [-0.39, 0.29) is 0 Å². The molecule has 3 rings (SSSR count). The van der Waals surface area contributed by atoms with Crippen LogP contribution in [0.3, 0.4) is 0 Å². The number of hydrogen-bond acceptors (Lipinski definition) is 4. The van der Waals surface area contributed by atoms with Gasteiger partial charge in [0.2, 0.25) is 0 Å². The first kappa shape index (κ1) is 13.9. The van der Waals surface area contributed by atoms with E-state index in [0.717, 1.165) is 5.39 Å². The van der Waals surface area contributed by atoms with Gasteiger partial charge in [0.1, 0.15) is 11.3 Å². The van der Waals surface area contributed by atoms with Crippen molar-refractivity contribution in [2.45, 2.75) is 0 Å². The third-order valence-corrected chi connectivity index (χ3v) is 3.17. The van der Waals surface area contributed by atoms with Gasteiger partial charge in [-0.2, -0.15) is 0 Å². The van der Waals surface area contributed by atoms with Gasteiger partial charge in [-0.3, -0.25) is 0 Å². The standard InChI is InChI=1S/C17H12O5/c18-16(19)10-21-13-7-5-11(6-8-13)14-9-12-3-1-2-4-15(12)22-17(14)20/h1-9H,10H2,(H,18,19). The Labute approximate surface area is 125 Å². The highest BCUT2D eigenvalue weighted by Gasteiger charge is 2.08. The van der Waals surface area contributed by atoms with Gasteiger partial charge in [0, 0.05) is 5.39 Å². The molecule has 0 saturated carbocycles. The van der Waals surface area contributed by atoms with Crippen molar-refractivity contribution in [1.82, 2.24) is 0 Å². The number of carboxylic acids is 1. The fourth-order valence-corrected chi connectivity index (χ4v) is 2.14. The molecule has 0 amide bonds. The van der Waals surface area contributed by atoms with Crippen molar-refractivity contribution in [3.05, 3.63) is 65.0 Å². The Balaban J connectivity index is 1.95. The number of aliphatic carboxylic acids is 1. The summed E-state index contributed by atoms with van der Waals surface area (Å²) >= 11 is 0. The highest BCUT2D eigenvalue weighted by molar-refractivity contribution is 5.81. The number of carboxylic acid groups (broad SMARTS) is 1. The molecule has 5 nitrogen and oxygen atoms in total. The molecule has 110 valence electrons. The van der Waals surface area contributed by atoms with Crippen molar-refractivity contribution in [3.63, 3.8) is 0 Å². The summed E-state index contributed by atoms with van der Waals surface area (Å²) in [7, 11) is 0. The maximum Gasteiger partial charge on any atom is 0.344 e. The van der Waals surface area contributed by atoms with Gasteiger partial charge in [0.25, 0.3) is 0 Å². The Morgan fingerprint density at radius 1 is 1.09 bits per heavy atom. The third-order valence-electron chi connectivity index (χ3n) is 3.17. The van der Waals surface area contributed by atoms with Crippen molar-refractivity contribution in [2.24, 2.45) is 0 Å². The van der Waals surface area contributed by atoms with Crippen LogP contribution in [0.2, 0.25) is 0 Å². The summed E-state index contributed by atoms with van der Waals surface area (Å²) in [6, 6.07) is 15.7. The van der Waals surface area contributed by atoms with Gasteiger partial charge in [0.15, 0.2) is 6.61 Å². The lowest BCUT2D eigenvalue weighted by Crippen LogP contribution is -2.09. The summed E-state index contributed by atoms with van der Waals surface area (Å²) in [4.78, 5) is 22.5. The van der Waals surface area contributed by atoms with E-state index < -0.39 is 18.2 Å². The Morgan fingerprint density at radius 2 is 1.82 bits per heavy atom. The van der Waals surface area contributed by atoms with E-state index in [2.05, 4.69) is 0 Å². The fraction of sp³-hybridized carbons (Fsp3) is 0.0588. The molecule has 5 heteroatoms. The fourth-order valence-electron chi connectivity index (χ4n) is 2.14. The van der Waals surface area contributed by atoms with E-state index in [9.17, 15) is 9.59 Å². The number of para-hydroxylation sites is 1. The zero-order chi connectivity index (χ0) is 15.5. The zero-order valence-electron chi connectivity index (χ0n) is 11.5. The molecule has 1 aromatic heterocycles. The number of carbonyl (C=O) groups is 1. The minimum atomic E-state index is -1.04. The number of ether oxygens (including phenoxy) is 1. The van der Waals surface area contributed by atoms with Crippen molar-refractivity contribution in [3.8, 4) is 16.9 Å². The quantitative estimate of drug-likeness (QED) is 0.749. The predicted octanol–water partition coefficient (Wildman–Crippen LogP) is 2.92. The van der Waals surface area contributed by atoms with Crippen molar-refractivity contribution in [2.75, 3.05) is 6.61 Å². The zero-order valence-corrected chi connectivity index (χ0v) is 11.5. The molecule has 0 aliphatic rings. The maximum absolute atomic E-state index is 12.1. The van der Waals surface area contributed by atoms with E-state index in [4.69, 9.17) is 14.3 Å². The van der Waals surface area contributed by atoms with Crippen LogP contribution in [0.1, 0.15) is 0 Å². The van der Waals surface area contributed by atoms with Gasteiger partial charge in [-0.25, -0.2) is 9.59 Å². The van der Waals surface area contributed by atoms with Crippen molar-refractivity contribution >= 4 is 16.9 Å². The monoisotopic (exact) mass is 296 g/mol. The van der Waals surface area contributed by atoms with Crippen LogP contribution in [-0.2, 0) is 4.79 Å². The van der Waals surface area contributed by atoms with Crippen LogP contribution >= 0.6 is 0 Å². The second-order valence-electron chi connectivity index (χ2n) is 4.69. The van der Waals surface area contributed by atoms with E-state index >= 15 is 0 Å². The Bertz CT molecular complexity index is 877. The van der Waals surface area contributed by atoms with Crippen LogP contribution in [0, 0.1) is 0 Å². The largest absolute Gasteiger partial charge is 0.482 e. The number of rotatable bonds is 4. The Hall–Kier alpha value is -3.08.